The Kier molecular flexibility index (Phi) is 2.43. The Hall–Kier alpha value is -1.10. The molecule has 62 valence electrons. The lowest BCUT2D eigenvalue weighted by molar-refractivity contribution is -0.123. The maximum Gasteiger partial charge on any atom is 0.318 e. The van der Waals surface area contributed by atoms with Crippen molar-refractivity contribution in [3.8, 4) is 0 Å². The highest BCUT2D eigenvalue weighted by atomic mass is 16.2. The molecule has 1 unspecified atom stereocenters. The van der Waals surface area contributed by atoms with Crippen LogP contribution in [-0.2, 0) is 4.79 Å². The van der Waals surface area contributed by atoms with Crippen molar-refractivity contribution in [1.29, 1.82) is 0 Å². The Morgan fingerprint density at radius 1 is 1.55 bits per heavy atom. The van der Waals surface area contributed by atoms with E-state index in [2.05, 4.69) is 5.32 Å². The maximum atomic E-state index is 11.0. The average Bonchev–Trinajstić information content (AvgIpc) is 2.35. The quantitative estimate of drug-likeness (QED) is 0.446. The maximum absolute atomic E-state index is 11.0. The van der Waals surface area contributed by atoms with E-state index in [1.54, 1.807) is 0 Å². The van der Waals surface area contributed by atoms with Crippen LogP contribution in [0.2, 0.25) is 0 Å². The zero-order valence-corrected chi connectivity index (χ0v) is 6.09. The van der Waals surface area contributed by atoms with Crippen molar-refractivity contribution in [1.82, 2.24) is 10.6 Å². The highest BCUT2D eigenvalue weighted by Crippen LogP contribution is 2.06. The van der Waals surface area contributed by atoms with Crippen LogP contribution in [0.4, 0.5) is 4.79 Å². The van der Waals surface area contributed by atoms with Crippen LogP contribution in [0.15, 0.2) is 0 Å². The number of amides is 3. The van der Waals surface area contributed by atoms with Crippen molar-refractivity contribution in [3.63, 3.8) is 0 Å². The average molecular weight is 157 g/mol. The molecule has 1 heterocycles. The molecule has 11 heavy (non-hydrogen) atoms. The molecule has 1 saturated heterocycles. The van der Waals surface area contributed by atoms with Crippen molar-refractivity contribution >= 4 is 11.9 Å². The lowest BCUT2D eigenvalue weighted by Gasteiger charge is -2.05. The second kappa shape index (κ2) is 3.34. The van der Waals surface area contributed by atoms with Gasteiger partial charge in [-0.3, -0.25) is 10.1 Å². The van der Waals surface area contributed by atoms with Crippen LogP contribution in [0.1, 0.15) is 6.42 Å². The molecule has 1 atom stereocenters. The first-order chi connectivity index (χ1) is 5.20. The molecule has 0 bridgehead atoms. The lowest BCUT2D eigenvalue weighted by Crippen LogP contribution is -2.39. The van der Waals surface area contributed by atoms with Crippen LogP contribution in [-0.4, -0.2) is 25.0 Å². The van der Waals surface area contributed by atoms with E-state index in [4.69, 9.17) is 5.73 Å². The molecule has 0 aromatic carbocycles. The van der Waals surface area contributed by atoms with Gasteiger partial charge in [-0.25, -0.2) is 4.79 Å². The van der Waals surface area contributed by atoms with Gasteiger partial charge in [-0.05, 0) is 13.0 Å². The van der Waals surface area contributed by atoms with Crippen molar-refractivity contribution in [3.05, 3.63) is 0 Å². The first-order valence-corrected chi connectivity index (χ1v) is 3.51. The van der Waals surface area contributed by atoms with Crippen LogP contribution >= 0.6 is 0 Å². The Labute approximate surface area is 64.3 Å². The van der Waals surface area contributed by atoms with Gasteiger partial charge in [0.2, 0.25) is 5.91 Å². The fourth-order valence-corrected chi connectivity index (χ4v) is 1.10. The zero-order valence-electron chi connectivity index (χ0n) is 6.09. The number of hydrogen-bond donors (Lipinski definition) is 3. The second-order valence-corrected chi connectivity index (χ2v) is 2.54. The summed E-state index contributed by atoms with van der Waals surface area (Å²) in [4.78, 5) is 21.2. The van der Waals surface area contributed by atoms with Gasteiger partial charge in [-0.2, -0.15) is 0 Å². The number of nitrogens with two attached hydrogens (primary N) is 1. The summed E-state index contributed by atoms with van der Waals surface area (Å²) in [6, 6.07) is -0.776. The number of nitrogens with one attached hydrogen (secondary N) is 2. The van der Waals surface area contributed by atoms with Crippen LogP contribution in [0.3, 0.4) is 0 Å². The van der Waals surface area contributed by atoms with Crippen molar-refractivity contribution < 1.29 is 9.59 Å². The largest absolute Gasteiger partial charge is 0.351 e. The molecule has 4 N–H and O–H groups in total. The Morgan fingerprint density at radius 3 is 2.73 bits per heavy atom. The van der Waals surface area contributed by atoms with Gasteiger partial charge in [-0.1, -0.05) is 0 Å². The molecule has 0 saturated carbocycles. The van der Waals surface area contributed by atoms with Crippen molar-refractivity contribution in [2.45, 2.75) is 6.42 Å². The van der Waals surface area contributed by atoms with E-state index in [0.29, 0.717) is 6.54 Å². The van der Waals surface area contributed by atoms with E-state index >= 15 is 0 Å². The number of urea groups is 1. The Bertz CT molecular complexity index is 175. The normalized spacial score (nSPS) is 23.1. The molecule has 5 nitrogen and oxygen atoms in total. The monoisotopic (exact) mass is 157 g/mol. The van der Waals surface area contributed by atoms with Gasteiger partial charge >= 0.3 is 6.03 Å². The predicted octanol–water partition coefficient (Wildman–Crippen LogP) is -1.21. The minimum atomic E-state index is -0.776. The first-order valence-electron chi connectivity index (χ1n) is 3.51. The van der Waals surface area contributed by atoms with Gasteiger partial charge in [-0.15, -0.1) is 0 Å². The van der Waals surface area contributed by atoms with Gasteiger partial charge < -0.3 is 11.1 Å². The highest BCUT2D eigenvalue weighted by molar-refractivity contribution is 5.94. The summed E-state index contributed by atoms with van der Waals surface area (Å²) in [7, 11) is 0. The molecule has 1 aliphatic rings. The van der Waals surface area contributed by atoms with E-state index in [0.717, 1.165) is 13.0 Å². The predicted molar refractivity (Wildman–Crippen MR) is 38.7 cm³/mol. The molecule has 0 aromatic rings. The molecule has 3 amide bonds. The highest BCUT2D eigenvalue weighted by Gasteiger charge is 2.22. The summed E-state index contributed by atoms with van der Waals surface area (Å²) in [6.45, 7) is 1.47. The third-order valence-corrected chi connectivity index (χ3v) is 1.68. The Morgan fingerprint density at radius 2 is 2.27 bits per heavy atom. The van der Waals surface area contributed by atoms with Gasteiger partial charge in [0.15, 0.2) is 0 Å². The minimum Gasteiger partial charge on any atom is -0.351 e. The molecule has 5 heteroatoms. The SMILES string of the molecule is NC(=O)NC(=O)C1CCNC1. The molecule has 1 aliphatic heterocycles. The topological polar surface area (TPSA) is 84.2 Å². The van der Waals surface area contributed by atoms with Gasteiger partial charge in [0.25, 0.3) is 0 Å². The number of carbonyl (C=O) groups excluding carboxylic acids is 2. The van der Waals surface area contributed by atoms with Crippen LogP contribution < -0.4 is 16.4 Å². The number of rotatable bonds is 1. The number of imide groups is 1. The third kappa shape index (κ3) is 2.19. The van der Waals surface area contributed by atoms with Crippen molar-refractivity contribution in [2.24, 2.45) is 11.7 Å². The molecular formula is C6H11N3O2. The molecule has 1 fully saturated rings. The van der Waals surface area contributed by atoms with Crippen LogP contribution in [0, 0.1) is 5.92 Å². The zero-order chi connectivity index (χ0) is 8.27. The molecule has 0 aromatic heterocycles. The van der Waals surface area contributed by atoms with Crippen LogP contribution in [0.5, 0.6) is 0 Å². The van der Waals surface area contributed by atoms with Crippen LogP contribution in [0.25, 0.3) is 0 Å². The Balaban J connectivity index is 2.34. The molecule has 0 aliphatic carbocycles. The van der Waals surface area contributed by atoms with E-state index < -0.39 is 6.03 Å². The fourth-order valence-electron chi connectivity index (χ4n) is 1.10. The van der Waals surface area contributed by atoms with E-state index in [1.165, 1.54) is 0 Å². The van der Waals surface area contributed by atoms with E-state index in [9.17, 15) is 9.59 Å². The summed E-state index contributed by atoms with van der Waals surface area (Å²) < 4.78 is 0. The molecular weight excluding hydrogens is 146 g/mol. The summed E-state index contributed by atoms with van der Waals surface area (Å²) >= 11 is 0. The summed E-state index contributed by atoms with van der Waals surface area (Å²) in [5.41, 5.74) is 4.77. The first kappa shape index (κ1) is 8.00. The number of hydrogen-bond acceptors (Lipinski definition) is 3. The summed E-state index contributed by atoms with van der Waals surface area (Å²) in [5.74, 6) is -0.370. The standard InChI is InChI=1S/C6H11N3O2/c7-6(11)9-5(10)4-1-2-8-3-4/h4,8H,1-3H2,(H3,7,9,10,11). The number of primary amides is 1. The lowest BCUT2D eigenvalue weighted by atomic mass is 10.1. The minimum absolute atomic E-state index is 0.0949. The third-order valence-electron chi connectivity index (χ3n) is 1.68. The second-order valence-electron chi connectivity index (χ2n) is 2.54. The smallest absolute Gasteiger partial charge is 0.318 e. The fraction of sp³-hybridized carbons (Fsp3) is 0.667. The number of carbonyl (C=O) groups is 2. The van der Waals surface area contributed by atoms with Gasteiger partial charge in [0, 0.05) is 6.54 Å². The van der Waals surface area contributed by atoms with Gasteiger partial charge in [0.05, 0.1) is 5.92 Å². The van der Waals surface area contributed by atoms with Gasteiger partial charge in [0.1, 0.15) is 0 Å². The molecule has 0 radical (unpaired) electrons. The molecule has 0 spiro atoms. The summed E-state index contributed by atoms with van der Waals surface area (Å²) in [6.07, 6.45) is 0.777. The summed E-state index contributed by atoms with van der Waals surface area (Å²) in [5, 5.41) is 5.06. The molecule has 1 rings (SSSR count). The van der Waals surface area contributed by atoms with E-state index in [-0.39, 0.29) is 11.8 Å². The van der Waals surface area contributed by atoms with E-state index in [1.807, 2.05) is 5.32 Å². The van der Waals surface area contributed by atoms with Crippen molar-refractivity contribution in [2.75, 3.05) is 13.1 Å².